The van der Waals surface area contributed by atoms with Gasteiger partial charge in [0.15, 0.2) is 17.3 Å². The molecule has 0 fully saturated rings. The van der Waals surface area contributed by atoms with Crippen LogP contribution in [-0.4, -0.2) is 19.0 Å². The van der Waals surface area contributed by atoms with Gasteiger partial charge in [-0.15, -0.1) is 0 Å². The number of carbonyl (C=O) groups is 1. The van der Waals surface area contributed by atoms with Gasteiger partial charge in [0.05, 0.1) is 23.8 Å². The highest BCUT2D eigenvalue weighted by molar-refractivity contribution is 6.43. The fourth-order valence-corrected chi connectivity index (χ4v) is 2.05. The first kappa shape index (κ1) is 12.5. The van der Waals surface area contributed by atoms with E-state index in [0.29, 0.717) is 46.7 Å². The second-order valence-corrected chi connectivity index (χ2v) is 4.49. The first-order valence-corrected chi connectivity index (χ1v) is 6.21. The topological polar surface area (TPSA) is 35.5 Å². The molecule has 2 rings (SSSR count). The van der Waals surface area contributed by atoms with E-state index in [-0.39, 0.29) is 5.78 Å². The van der Waals surface area contributed by atoms with Gasteiger partial charge in [0.25, 0.3) is 0 Å². The van der Waals surface area contributed by atoms with Crippen LogP contribution in [0.2, 0.25) is 10.0 Å². The van der Waals surface area contributed by atoms with E-state index in [4.69, 9.17) is 32.7 Å². The van der Waals surface area contributed by atoms with Gasteiger partial charge >= 0.3 is 0 Å². The molecule has 0 atom stereocenters. The molecule has 5 heteroatoms. The lowest BCUT2D eigenvalue weighted by atomic mass is 10.1. The Morgan fingerprint density at radius 1 is 1.29 bits per heavy atom. The van der Waals surface area contributed by atoms with Gasteiger partial charge in [-0.1, -0.05) is 30.1 Å². The summed E-state index contributed by atoms with van der Waals surface area (Å²) in [6, 6.07) is 1.54. The van der Waals surface area contributed by atoms with Crippen molar-refractivity contribution < 1.29 is 14.3 Å². The maximum atomic E-state index is 11.8. The van der Waals surface area contributed by atoms with Gasteiger partial charge in [0.1, 0.15) is 5.02 Å². The summed E-state index contributed by atoms with van der Waals surface area (Å²) >= 11 is 12.0. The van der Waals surface area contributed by atoms with Crippen molar-refractivity contribution in [2.45, 2.75) is 19.8 Å². The number of ketones is 1. The normalized spacial score (nSPS) is 14.3. The maximum absolute atomic E-state index is 11.8. The van der Waals surface area contributed by atoms with Crippen molar-refractivity contribution in [2.24, 2.45) is 0 Å². The molecule has 0 aromatic heterocycles. The Bertz CT molecular complexity index is 458. The molecule has 0 spiro atoms. The average molecular weight is 275 g/mol. The summed E-state index contributed by atoms with van der Waals surface area (Å²) in [5.41, 5.74) is 0.443. The molecule has 1 aliphatic rings. The van der Waals surface area contributed by atoms with Gasteiger partial charge in [0.2, 0.25) is 0 Å². The summed E-state index contributed by atoms with van der Waals surface area (Å²) in [6.45, 7) is 2.80. The number of Topliss-reactive ketones (excluding diaryl/α,β-unsaturated/α-hetero) is 1. The lowest BCUT2D eigenvalue weighted by Gasteiger charge is -2.14. The Balaban J connectivity index is 2.60. The fraction of sp³-hybridized carbons (Fsp3) is 0.417. The summed E-state index contributed by atoms with van der Waals surface area (Å²) in [5, 5.41) is 0.615. The van der Waals surface area contributed by atoms with E-state index in [1.165, 1.54) is 0 Å². The van der Waals surface area contributed by atoms with Crippen molar-refractivity contribution in [1.82, 2.24) is 0 Å². The maximum Gasteiger partial charge on any atom is 0.182 e. The molecule has 0 radical (unpaired) electrons. The van der Waals surface area contributed by atoms with Crippen LogP contribution in [0.4, 0.5) is 0 Å². The van der Waals surface area contributed by atoms with Crippen LogP contribution in [0.25, 0.3) is 0 Å². The third kappa shape index (κ3) is 2.35. The molecule has 0 bridgehead atoms. The fourth-order valence-electron chi connectivity index (χ4n) is 1.66. The lowest BCUT2D eigenvalue weighted by molar-refractivity contribution is 0.0984. The van der Waals surface area contributed by atoms with E-state index in [2.05, 4.69) is 0 Å². The molecule has 3 nitrogen and oxygen atoms in total. The predicted octanol–water partition coefficient (Wildman–Crippen LogP) is 3.75. The summed E-state index contributed by atoms with van der Waals surface area (Å²) < 4.78 is 11.1. The third-order valence-corrected chi connectivity index (χ3v) is 3.30. The molecule has 1 aromatic rings. The van der Waals surface area contributed by atoms with Crippen LogP contribution in [0.3, 0.4) is 0 Å². The quantitative estimate of drug-likeness (QED) is 0.771. The van der Waals surface area contributed by atoms with Gasteiger partial charge < -0.3 is 9.47 Å². The van der Waals surface area contributed by atoms with Crippen LogP contribution in [0.5, 0.6) is 11.5 Å². The van der Waals surface area contributed by atoms with E-state index >= 15 is 0 Å². The molecular weight excluding hydrogens is 263 g/mol. The van der Waals surface area contributed by atoms with E-state index in [1.54, 1.807) is 13.0 Å². The highest BCUT2D eigenvalue weighted by Crippen LogP contribution is 2.44. The summed E-state index contributed by atoms with van der Waals surface area (Å²) in [6.07, 6.45) is 1.14. The zero-order chi connectivity index (χ0) is 12.4. The van der Waals surface area contributed by atoms with E-state index in [0.717, 1.165) is 6.42 Å². The third-order valence-electron chi connectivity index (χ3n) is 2.53. The Hall–Kier alpha value is -0.930. The zero-order valence-corrected chi connectivity index (χ0v) is 10.9. The van der Waals surface area contributed by atoms with Crippen LogP contribution < -0.4 is 9.47 Å². The van der Waals surface area contributed by atoms with Crippen molar-refractivity contribution in [2.75, 3.05) is 13.2 Å². The van der Waals surface area contributed by atoms with Crippen molar-refractivity contribution in [3.05, 3.63) is 21.7 Å². The molecule has 0 aliphatic carbocycles. The summed E-state index contributed by atoms with van der Waals surface area (Å²) in [4.78, 5) is 11.8. The average Bonchev–Trinajstić information content (AvgIpc) is 2.58. The predicted molar refractivity (Wildman–Crippen MR) is 66.7 cm³/mol. The number of carbonyl (C=O) groups excluding carboxylic acids is 1. The highest BCUT2D eigenvalue weighted by atomic mass is 35.5. The molecule has 0 saturated carbocycles. The number of fused-ring (bicyclic) bond motifs is 1. The summed E-state index contributed by atoms with van der Waals surface area (Å²) in [5.74, 6) is 0.766. The molecule has 1 heterocycles. The molecule has 1 aromatic carbocycles. The van der Waals surface area contributed by atoms with Gasteiger partial charge in [0, 0.05) is 12.8 Å². The molecule has 0 amide bonds. The van der Waals surface area contributed by atoms with Crippen LogP contribution >= 0.6 is 23.2 Å². The van der Waals surface area contributed by atoms with E-state index in [9.17, 15) is 4.79 Å². The second kappa shape index (κ2) is 5.15. The first-order chi connectivity index (χ1) is 8.15. The monoisotopic (exact) mass is 274 g/mol. The SMILES string of the molecule is CCC(=O)c1cc(Cl)c(Cl)c2c1OCCCO2. The standard InChI is InChI=1S/C12H12Cl2O3/c1-2-9(15)7-6-8(13)10(14)12-11(7)16-4-3-5-17-12/h6H,2-5H2,1H3. The molecule has 0 N–H and O–H groups in total. The van der Waals surface area contributed by atoms with Gasteiger partial charge in [-0.2, -0.15) is 0 Å². The van der Waals surface area contributed by atoms with Crippen LogP contribution in [0, 0.1) is 0 Å². The van der Waals surface area contributed by atoms with Crippen molar-refractivity contribution in [3.63, 3.8) is 0 Å². The van der Waals surface area contributed by atoms with Gasteiger partial charge in [-0.05, 0) is 6.07 Å². The number of ether oxygens (including phenoxy) is 2. The molecule has 17 heavy (non-hydrogen) atoms. The van der Waals surface area contributed by atoms with Crippen molar-refractivity contribution >= 4 is 29.0 Å². The minimum atomic E-state index is -0.0367. The minimum absolute atomic E-state index is 0.0367. The van der Waals surface area contributed by atoms with E-state index < -0.39 is 0 Å². The van der Waals surface area contributed by atoms with Gasteiger partial charge in [-0.3, -0.25) is 4.79 Å². The molecular formula is C12H12Cl2O3. The van der Waals surface area contributed by atoms with Crippen molar-refractivity contribution in [1.29, 1.82) is 0 Å². The molecule has 1 aliphatic heterocycles. The number of halogens is 2. The molecule has 0 unspecified atom stereocenters. The Kier molecular flexibility index (Phi) is 3.79. The Labute approximate surface area is 110 Å². The Morgan fingerprint density at radius 3 is 2.59 bits per heavy atom. The lowest BCUT2D eigenvalue weighted by Crippen LogP contribution is -2.03. The number of hydrogen-bond donors (Lipinski definition) is 0. The Morgan fingerprint density at radius 2 is 1.94 bits per heavy atom. The smallest absolute Gasteiger partial charge is 0.182 e. The van der Waals surface area contributed by atoms with Gasteiger partial charge in [-0.25, -0.2) is 0 Å². The minimum Gasteiger partial charge on any atom is -0.489 e. The second-order valence-electron chi connectivity index (χ2n) is 3.71. The zero-order valence-electron chi connectivity index (χ0n) is 9.39. The molecule has 92 valence electrons. The number of hydrogen-bond acceptors (Lipinski definition) is 3. The van der Waals surface area contributed by atoms with Crippen LogP contribution in [-0.2, 0) is 0 Å². The number of rotatable bonds is 2. The first-order valence-electron chi connectivity index (χ1n) is 5.46. The number of benzene rings is 1. The van der Waals surface area contributed by atoms with E-state index in [1.807, 2.05) is 0 Å². The van der Waals surface area contributed by atoms with Crippen molar-refractivity contribution in [3.8, 4) is 11.5 Å². The van der Waals surface area contributed by atoms with Crippen LogP contribution in [0.15, 0.2) is 6.07 Å². The highest BCUT2D eigenvalue weighted by Gasteiger charge is 2.23. The van der Waals surface area contributed by atoms with Crippen LogP contribution in [0.1, 0.15) is 30.1 Å². The molecule has 0 saturated heterocycles. The summed E-state index contributed by atoms with van der Waals surface area (Å²) in [7, 11) is 0. The largest absolute Gasteiger partial charge is 0.489 e.